The van der Waals surface area contributed by atoms with E-state index in [4.69, 9.17) is 0 Å². The third-order valence-corrected chi connectivity index (χ3v) is 5.25. The van der Waals surface area contributed by atoms with E-state index >= 15 is 0 Å². The van der Waals surface area contributed by atoms with Gasteiger partial charge < -0.3 is 5.32 Å². The van der Waals surface area contributed by atoms with Gasteiger partial charge in [-0.05, 0) is 42.3 Å². The zero-order valence-corrected chi connectivity index (χ0v) is 14.2. The molecule has 1 heterocycles. The highest BCUT2D eigenvalue weighted by atomic mass is 79.9. The number of hydrogen-bond acceptors (Lipinski definition) is 2. The molecule has 0 fully saturated rings. The van der Waals surface area contributed by atoms with Gasteiger partial charge in [-0.2, -0.15) is 0 Å². The van der Waals surface area contributed by atoms with Crippen LogP contribution >= 0.6 is 27.3 Å². The summed E-state index contributed by atoms with van der Waals surface area (Å²) in [5.74, 6) is 0. The van der Waals surface area contributed by atoms with Crippen molar-refractivity contribution in [2.24, 2.45) is 0 Å². The molecule has 1 aromatic carbocycles. The maximum Gasteiger partial charge on any atom is 0.0668 e. The van der Waals surface area contributed by atoms with Crippen LogP contribution in [0.4, 0.5) is 0 Å². The van der Waals surface area contributed by atoms with Gasteiger partial charge in [-0.25, -0.2) is 0 Å². The van der Waals surface area contributed by atoms with E-state index in [-0.39, 0.29) is 11.5 Å². The van der Waals surface area contributed by atoms with Crippen LogP contribution in [-0.4, -0.2) is 7.05 Å². The average Bonchev–Trinajstić information content (AvgIpc) is 2.82. The van der Waals surface area contributed by atoms with Gasteiger partial charge in [-0.3, -0.25) is 0 Å². The minimum Gasteiger partial charge on any atom is -0.309 e. The molecule has 1 aromatic heterocycles. The average molecular weight is 338 g/mol. The number of halogens is 1. The summed E-state index contributed by atoms with van der Waals surface area (Å²) in [6.45, 7) is 6.78. The largest absolute Gasteiger partial charge is 0.309 e. The van der Waals surface area contributed by atoms with Gasteiger partial charge in [-0.1, -0.05) is 48.8 Å². The van der Waals surface area contributed by atoms with E-state index in [1.807, 2.05) is 18.4 Å². The molecule has 1 atom stereocenters. The van der Waals surface area contributed by atoms with Crippen molar-refractivity contribution in [1.82, 2.24) is 5.32 Å². The Morgan fingerprint density at radius 3 is 2.16 bits per heavy atom. The highest BCUT2D eigenvalue weighted by molar-refractivity contribution is 9.10. The number of hydrogen-bond donors (Lipinski definition) is 1. The second-order valence-corrected chi connectivity index (χ2v) is 7.76. The van der Waals surface area contributed by atoms with Gasteiger partial charge in [0.2, 0.25) is 0 Å². The smallest absolute Gasteiger partial charge is 0.0668 e. The number of thiophene rings is 1. The van der Waals surface area contributed by atoms with Crippen molar-refractivity contribution in [3.05, 3.63) is 56.2 Å². The summed E-state index contributed by atoms with van der Waals surface area (Å²) in [5.41, 5.74) is 1.52. The summed E-state index contributed by atoms with van der Waals surface area (Å²) >= 11 is 5.38. The summed E-state index contributed by atoms with van der Waals surface area (Å²) in [6, 6.07) is 13.3. The summed E-state index contributed by atoms with van der Waals surface area (Å²) in [7, 11) is 2.02. The molecule has 1 nitrogen and oxygen atoms in total. The Bertz CT molecular complexity index is 537. The van der Waals surface area contributed by atoms with Gasteiger partial charge in [0.1, 0.15) is 0 Å². The fourth-order valence-electron chi connectivity index (χ4n) is 2.04. The molecule has 0 amide bonds. The van der Waals surface area contributed by atoms with Crippen molar-refractivity contribution >= 4 is 27.3 Å². The first-order valence-corrected chi connectivity index (χ1v) is 8.05. The van der Waals surface area contributed by atoms with E-state index < -0.39 is 0 Å². The Labute approximate surface area is 128 Å². The molecular formula is C16H20BrNS. The molecular weight excluding hydrogens is 318 g/mol. The first-order chi connectivity index (χ1) is 8.91. The predicted octanol–water partition coefficient (Wildman–Crippen LogP) is 5.12. The van der Waals surface area contributed by atoms with Gasteiger partial charge in [0.05, 0.1) is 6.04 Å². The van der Waals surface area contributed by atoms with E-state index in [1.54, 1.807) is 0 Å². The van der Waals surface area contributed by atoms with Crippen molar-refractivity contribution in [2.45, 2.75) is 32.2 Å². The Morgan fingerprint density at radius 2 is 1.68 bits per heavy atom. The fourth-order valence-corrected chi connectivity index (χ4v) is 3.51. The topological polar surface area (TPSA) is 12.0 Å². The predicted molar refractivity (Wildman–Crippen MR) is 88.1 cm³/mol. The lowest BCUT2D eigenvalue weighted by Crippen LogP contribution is -2.16. The Balaban J connectivity index is 2.32. The molecule has 0 aliphatic carbocycles. The van der Waals surface area contributed by atoms with E-state index in [9.17, 15) is 0 Å². The second kappa shape index (κ2) is 5.78. The summed E-state index contributed by atoms with van der Waals surface area (Å²) in [5, 5.41) is 3.41. The first kappa shape index (κ1) is 14.8. The molecule has 0 spiro atoms. The lowest BCUT2D eigenvalue weighted by atomic mass is 9.95. The van der Waals surface area contributed by atoms with Crippen LogP contribution < -0.4 is 5.32 Å². The zero-order chi connectivity index (χ0) is 14.0. The Kier molecular flexibility index (Phi) is 4.49. The van der Waals surface area contributed by atoms with Crippen LogP contribution in [0.1, 0.15) is 42.1 Å². The lowest BCUT2D eigenvalue weighted by molar-refractivity contribution is 0.604. The van der Waals surface area contributed by atoms with Crippen LogP contribution in [0.5, 0.6) is 0 Å². The third kappa shape index (κ3) is 3.47. The molecule has 2 aromatic rings. The minimum absolute atomic E-state index is 0.223. The normalized spacial score (nSPS) is 13.5. The van der Waals surface area contributed by atoms with Crippen LogP contribution in [0.3, 0.4) is 0 Å². The van der Waals surface area contributed by atoms with Crippen molar-refractivity contribution in [2.75, 3.05) is 7.05 Å². The van der Waals surface area contributed by atoms with Gasteiger partial charge >= 0.3 is 0 Å². The number of benzene rings is 1. The molecule has 3 heteroatoms. The summed E-state index contributed by atoms with van der Waals surface area (Å²) in [4.78, 5) is 2.80. The number of rotatable bonds is 3. The lowest BCUT2D eigenvalue weighted by Gasteiger charge is -2.17. The van der Waals surface area contributed by atoms with Crippen LogP contribution in [0.25, 0.3) is 0 Å². The minimum atomic E-state index is 0.223. The quantitative estimate of drug-likeness (QED) is 0.819. The van der Waals surface area contributed by atoms with Crippen molar-refractivity contribution in [1.29, 1.82) is 0 Å². The molecule has 0 radical (unpaired) electrons. The Morgan fingerprint density at radius 1 is 1.05 bits per heavy atom. The van der Waals surface area contributed by atoms with E-state index in [2.05, 4.69) is 78.4 Å². The molecule has 0 aliphatic rings. The molecule has 2 rings (SSSR count). The standard InChI is InChI=1S/C16H20BrNS/c1-16(2,3)14-10-9-13(19-14)15(18-4)11-5-7-12(17)8-6-11/h5-10,15,18H,1-4H3. The second-order valence-electron chi connectivity index (χ2n) is 5.73. The molecule has 0 bridgehead atoms. The maximum absolute atomic E-state index is 3.49. The Hall–Kier alpha value is -0.640. The monoisotopic (exact) mass is 337 g/mol. The fraction of sp³-hybridized carbons (Fsp3) is 0.375. The van der Waals surface area contributed by atoms with Crippen LogP contribution in [0.15, 0.2) is 40.9 Å². The summed E-state index contributed by atoms with van der Waals surface area (Å²) in [6.07, 6.45) is 0. The molecule has 0 aliphatic heterocycles. The number of nitrogens with one attached hydrogen (secondary N) is 1. The van der Waals surface area contributed by atoms with Gasteiger partial charge in [-0.15, -0.1) is 11.3 Å². The summed E-state index contributed by atoms with van der Waals surface area (Å²) < 4.78 is 1.12. The molecule has 19 heavy (non-hydrogen) atoms. The molecule has 0 saturated carbocycles. The van der Waals surface area contributed by atoms with Crippen LogP contribution in [0.2, 0.25) is 0 Å². The SMILES string of the molecule is CNC(c1ccc(Br)cc1)c1ccc(C(C)(C)C)s1. The zero-order valence-electron chi connectivity index (χ0n) is 11.8. The van der Waals surface area contributed by atoms with Gasteiger partial charge in [0.25, 0.3) is 0 Å². The van der Waals surface area contributed by atoms with E-state index in [0.29, 0.717) is 0 Å². The van der Waals surface area contributed by atoms with Gasteiger partial charge in [0, 0.05) is 14.2 Å². The maximum atomic E-state index is 3.49. The van der Waals surface area contributed by atoms with Crippen molar-refractivity contribution < 1.29 is 0 Å². The highest BCUT2D eigenvalue weighted by Gasteiger charge is 2.20. The van der Waals surface area contributed by atoms with Crippen molar-refractivity contribution in [3.8, 4) is 0 Å². The molecule has 102 valence electrons. The van der Waals surface area contributed by atoms with E-state index in [0.717, 1.165) is 4.47 Å². The van der Waals surface area contributed by atoms with Crippen LogP contribution in [-0.2, 0) is 5.41 Å². The van der Waals surface area contributed by atoms with Crippen LogP contribution in [0, 0.1) is 0 Å². The highest BCUT2D eigenvalue weighted by Crippen LogP contribution is 2.34. The van der Waals surface area contributed by atoms with Crippen molar-refractivity contribution in [3.63, 3.8) is 0 Å². The first-order valence-electron chi connectivity index (χ1n) is 6.45. The van der Waals surface area contributed by atoms with E-state index in [1.165, 1.54) is 15.3 Å². The molecule has 0 saturated heterocycles. The van der Waals surface area contributed by atoms with Gasteiger partial charge in [0.15, 0.2) is 0 Å². The molecule has 1 N–H and O–H groups in total. The third-order valence-electron chi connectivity index (χ3n) is 3.14. The molecule has 1 unspecified atom stereocenters.